The van der Waals surface area contributed by atoms with Crippen molar-refractivity contribution in [1.82, 2.24) is 0 Å². The average Bonchev–Trinajstić information content (AvgIpc) is 2.37. The molecule has 2 rings (SSSR count). The van der Waals surface area contributed by atoms with Gasteiger partial charge in [-0.1, -0.05) is 24.3 Å². The summed E-state index contributed by atoms with van der Waals surface area (Å²) in [4.78, 5) is 10.6. The van der Waals surface area contributed by atoms with E-state index >= 15 is 0 Å². The van der Waals surface area contributed by atoms with E-state index in [1.165, 1.54) is 5.56 Å². The van der Waals surface area contributed by atoms with Crippen LogP contribution in [0.3, 0.4) is 0 Å². The van der Waals surface area contributed by atoms with Crippen LogP contribution in [-0.2, 0) is 11.2 Å². The molecule has 0 atom stereocenters. The second kappa shape index (κ2) is 5.57. The van der Waals surface area contributed by atoms with Gasteiger partial charge >= 0.3 is 5.97 Å². The highest BCUT2D eigenvalue weighted by Gasteiger charge is 2.04. The fourth-order valence-electron chi connectivity index (χ4n) is 1.81. The molecule has 0 bridgehead atoms. The topological polar surface area (TPSA) is 46.5 Å². The van der Waals surface area contributed by atoms with E-state index in [2.05, 4.69) is 0 Å². The van der Waals surface area contributed by atoms with Gasteiger partial charge in [0.25, 0.3) is 0 Å². The first-order chi connectivity index (χ1) is 9.06. The lowest BCUT2D eigenvalue weighted by Gasteiger charge is -2.10. The van der Waals surface area contributed by atoms with Crippen molar-refractivity contribution in [2.24, 2.45) is 0 Å². The van der Waals surface area contributed by atoms with Crippen LogP contribution in [0.25, 0.3) is 0 Å². The third-order valence-corrected chi connectivity index (χ3v) is 3.06. The summed E-state index contributed by atoms with van der Waals surface area (Å²) >= 11 is 0. The molecule has 19 heavy (non-hydrogen) atoms. The van der Waals surface area contributed by atoms with Crippen molar-refractivity contribution in [2.45, 2.75) is 20.3 Å². The van der Waals surface area contributed by atoms with Crippen molar-refractivity contribution in [3.63, 3.8) is 0 Å². The van der Waals surface area contributed by atoms with Gasteiger partial charge in [-0.3, -0.25) is 4.79 Å². The van der Waals surface area contributed by atoms with Crippen molar-refractivity contribution >= 4 is 5.97 Å². The molecule has 0 aliphatic carbocycles. The molecule has 3 heteroatoms. The third-order valence-electron chi connectivity index (χ3n) is 3.06. The number of carbonyl (C=O) groups is 1. The summed E-state index contributed by atoms with van der Waals surface area (Å²) < 4.78 is 5.80. The molecule has 0 unspecified atom stereocenters. The number of benzene rings is 2. The zero-order valence-electron chi connectivity index (χ0n) is 11.0. The summed E-state index contributed by atoms with van der Waals surface area (Å²) in [6.45, 7) is 4.06. The number of ether oxygens (including phenoxy) is 1. The number of rotatable bonds is 4. The lowest BCUT2D eigenvalue weighted by Crippen LogP contribution is -1.99. The highest BCUT2D eigenvalue weighted by Crippen LogP contribution is 2.26. The quantitative estimate of drug-likeness (QED) is 0.906. The van der Waals surface area contributed by atoms with Crippen LogP contribution in [0.4, 0.5) is 0 Å². The minimum Gasteiger partial charge on any atom is -0.481 e. The van der Waals surface area contributed by atoms with Crippen LogP contribution in [-0.4, -0.2) is 11.1 Å². The standard InChI is InChI=1S/C16H16O3/c1-11-4-3-5-15(12(11)2)19-14-8-6-13(7-9-14)10-16(17)18/h3-9H,10H2,1-2H3,(H,17,18). The molecule has 0 heterocycles. The molecule has 0 saturated heterocycles. The number of carboxylic acids is 1. The van der Waals surface area contributed by atoms with E-state index in [1.54, 1.807) is 24.3 Å². The minimum atomic E-state index is -0.830. The molecule has 0 aliphatic rings. The van der Waals surface area contributed by atoms with Crippen molar-refractivity contribution in [2.75, 3.05) is 0 Å². The number of hydrogen-bond acceptors (Lipinski definition) is 2. The Hall–Kier alpha value is -2.29. The Labute approximate surface area is 112 Å². The molecule has 0 aliphatic heterocycles. The fourth-order valence-corrected chi connectivity index (χ4v) is 1.81. The van der Waals surface area contributed by atoms with Gasteiger partial charge in [0, 0.05) is 0 Å². The normalized spacial score (nSPS) is 10.2. The van der Waals surface area contributed by atoms with E-state index in [9.17, 15) is 4.79 Å². The maximum atomic E-state index is 10.6. The van der Waals surface area contributed by atoms with E-state index < -0.39 is 5.97 Å². The Morgan fingerprint density at radius 1 is 1.11 bits per heavy atom. The summed E-state index contributed by atoms with van der Waals surface area (Å²) in [6.07, 6.45) is 0.0315. The summed E-state index contributed by atoms with van der Waals surface area (Å²) in [5.74, 6) is 0.706. The maximum absolute atomic E-state index is 10.6. The lowest BCUT2D eigenvalue weighted by atomic mass is 10.1. The molecule has 0 aromatic heterocycles. The molecule has 0 fully saturated rings. The van der Waals surface area contributed by atoms with Crippen molar-refractivity contribution in [1.29, 1.82) is 0 Å². The lowest BCUT2D eigenvalue weighted by molar-refractivity contribution is -0.136. The van der Waals surface area contributed by atoms with Crippen LogP contribution < -0.4 is 4.74 Å². The first kappa shape index (κ1) is 13.1. The van der Waals surface area contributed by atoms with Crippen molar-refractivity contribution < 1.29 is 14.6 Å². The molecular weight excluding hydrogens is 240 g/mol. The van der Waals surface area contributed by atoms with Gasteiger partial charge in [-0.2, -0.15) is 0 Å². The van der Waals surface area contributed by atoms with Crippen LogP contribution >= 0.6 is 0 Å². The van der Waals surface area contributed by atoms with E-state index in [4.69, 9.17) is 9.84 Å². The Morgan fingerprint density at radius 3 is 2.42 bits per heavy atom. The van der Waals surface area contributed by atoms with Crippen LogP contribution in [0.5, 0.6) is 11.5 Å². The largest absolute Gasteiger partial charge is 0.481 e. The molecule has 0 radical (unpaired) electrons. The van der Waals surface area contributed by atoms with Gasteiger partial charge in [-0.15, -0.1) is 0 Å². The van der Waals surface area contributed by atoms with Gasteiger partial charge in [0.1, 0.15) is 11.5 Å². The van der Waals surface area contributed by atoms with Gasteiger partial charge in [0.2, 0.25) is 0 Å². The second-order valence-corrected chi connectivity index (χ2v) is 4.51. The summed E-state index contributed by atoms with van der Waals surface area (Å²) in [5.41, 5.74) is 3.05. The molecule has 3 nitrogen and oxygen atoms in total. The van der Waals surface area contributed by atoms with Gasteiger partial charge in [-0.25, -0.2) is 0 Å². The van der Waals surface area contributed by atoms with Crippen LogP contribution in [0.1, 0.15) is 16.7 Å². The van der Waals surface area contributed by atoms with Crippen molar-refractivity contribution in [3.8, 4) is 11.5 Å². The third kappa shape index (κ3) is 3.35. The van der Waals surface area contributed by atoms with E-state index in [-0.39, 0.29) is 6.42 Å². The highest BCUT2D eigenvalue weighted by atomic mass is 16.5. The summed E-state index contributed by atoms with van der Waals surface area (Å²) in [5, 5.41) is 8.71. The van der Waals surface area contributed by atoms with E-state index in [0.717, 1.165) is 16.9 Å². The predicted molar refractivity (Wildman–Crippen MR) is 73.8 cm³/mol. The molecular formula is C16H16O3. The zero-order chi connectivity index (χ0) is 13.8. The minimum absolute atomic E-state index is 0.0315. The molecule has 1 N–H and O–H groups in total. The number of aryl methyl sites for hydroxylation is 1. The monoisotopic (exact) mass is 256 g/mol. The Balaban J connectivity index is 2.15. The summed E-state index contributed by atoms with van der Waals surface area (Å²) in [6, 6.07) is 13.0. The second-order valence-electron chi connectivity index (χ2n) is 4.51. The first-order valence-electron chi connectivity index (χ1n) is 6.11. The maximum Gasteiger partial charge on any atom is 0.307 e. The van der Waals surface area contributed by atoms with Crippen LogP contribution in [0, 0.1) is 13.8 Å². The molecule has 0 spiro atoms. The first-order valence-corrected chi connectivity index (χ1v) is 6.11. The fraction of sp³-hybridized carbons (Fsp3) is 0.188. The van der Waals surface area contributed by atoms with Crippen LogP contribution in [0.15, 0.2) is 42.5 Å². The number of aliphatic carboxylic acids is 1. The van der Waals surface area contributed by atoms with Crippen LogP contribution in [0.2, 0.25) is 0 Å². The molecule has 2 aromatic rings. The Kier molecular flexibility index (Phi) is 3.85. The number of hydrogen-bond donors (Lipinski definition) is 1. The van der Waals surface area contributed by atoms with E-state index in [0.29, 0.717) is 5.75 Å². The van der Waals surface area contributed by atoms with Gasteiger partial charge in [-0.05, 0) is 48.7 Å². The average molecular weight is 256 g/mol. The van der Waals surface area contributed by atoms with Crippen molar-refractivity contribution in [3.05, 3.63) is 59.2 Å². The molecule has 0 amide bonds. The smallest absolute Gasteiger partial charge is 0.307 e. The Morgan fingerprint density at radius 2 is 1.79 bits per heavy atom. The number of carboxylic acid groups (broad SMARTS) is 1. The molecule has 2 aromatic carbocycles. The zero-order valence-corrected chi connectivity index (χ0v) is 11.0. The summed E-state index contributed by atoms with van der Waals surface area (Å²) in [7, 11) is 0. The van der Waals surface area contributed by atoms with Gasteiger partial charge < -0.3 is 9.84 Å². The van der Waals surface area contributed by atoms with E-state index in [1.807, 2.05) is 32.0 Å². The predicted octanol–water partition coefficient (Wildman–Crippen LogP) is 3.72. The van der Waals surface area contributed by atoms with Gasteiger partial charge in [0.05, 0.1) is 6.42 Å². The highest BCUT2D eigenvalue weighted by molar-refractivity contribution is 5.70. The molecule has 98 valence electrons. The van der Waals surface area contributed by atoms with Gasteiger partial charge in [0.15, 0.2) is 0 Å². The Bertz CT molecular complexity index is 585. The molecule has 0 saturated carbocycles. The SMILES string of the molecule is Cc1cccc(Oc2ccc(CC(=O)O)cc2)c1C.